The molecular weight excluding hydrogens is 252 g/mol. The van der Waals surface area contributed by atoms with Gasteiger partial charge in [-0.25, -0.2) is 0 Å². The van der Waals surface area contributed by atoms with Gasteiger partial charge in [0.1, 0.15) is 0 Å². The number of carbonyl (C=O) groups excluding carboxylic acids is 1. The fourth-order valence-corrected chi connectivity index (χ4v) is 2.09. The lowest BCUT2D eigenvalue weighted by atomic mass is 9.81. The van der Waals surface area contributed by atoms with Crippen LogP contribution in [0.25, 0.3) is 0 Å². The molecule has 1 saturated heterocycles. The average Bonchev–Trinajstić information content (AvgIpc) is 2.33. The standard InChI is InChI=1S/C13H26N2O2.ClH/c1-3-17-10-4-5-12(16)15-11-13(2)6-8-14-9-7-13;/h14H,3-11H2,1-2H3,(H,15,16);1H. The fraction of sp³-hybridized carbons (Fsp3) is 0.923. The summed E-state index contributed by atoms with van der Waals surface area (Å²) in [7, 11) is 0. The molecule has 2 N–H and O–H groups in total. The number of carbonyl (C=O) groups is 1. The highest BCUT2D eigenvalue weighted by Crippen LogP contribution is 2.26. The summed E-state index contributed by atoms with van der Waals surface area (Å²) < 4.78 is 5.21. The zero-order chi connectivity index (χ0) is 12.6. The molecule has 1 amide bonds. The topological polar surface area (TPSA) is 50.4 Å². The monoisotopic (exact) mass is 278 g/mol. The van der Waals surface area contributed by atoms with E-state index in [-0.39, 0.29) is 23.7 Å². The quantitative estimate of drug-likeness (QED) is 0.698. The fourth-order valence-electron chi connectivity index (χ4n) is 2.09. The molecule has 18 heavy (non-hydrogen) atoms. The van der Waals surface area contributed by atoms with Crippen LogP contribution < -0.4 is 10.6 Å². The number of amides is 1. The second-order valence-electron chi connectivity index (χ2n) is 5.14. The van der Waals surface area contributed by atoms with E-state index in [1.165, 1.54) is 0 Å². The Morgan fingerprint density at radius 2 is 2.06 bits per heavy atom. The number of rotatable bonds is 7. The Balaban J connectivity index is 0.00000289. The molecule has 0 atom stereocenters. The van der Waals surface area contributed by atoms with Gasteiger partial charge in [0.05, 0.1) is 0 Å². The van der Waals surface area contributed by atoms with Crippen LogP contribution >= 0.6 is 12.4 Å². The SMILES string of the molecule is CCOCCCC(=O)NCC1(C)CCNCC1.Cl. The molecule has 0 radical (unpaired) electrons. The third kappa shape index (κ3) is 7.19. The first-order chi connectivity index (χ1) is 8.16. The maximum atomic E-state index is 11.6. The van der Waals surface area contributed by atoms with E-state index in [2.05, 4.69) is 17.6 Å². The van der Waals surface area contributed by atoms with E-state index in [0.717, 1.165) is 45.5 Å². The molecule has 1 fully saturated rings. The van der Waals surface area contributed by atoms with Gasteiger partial charge in [-0.2, -0.15) is 0 Å². The second-order valence-corrected chi connectivity index (χ2v) is 5.14. The van der Waals surface area contributed by atoms with Crippen molar-refractivity contribution in [2.75, 3.05) is 32.8 Å². The van der Waals surface area contributed by atoms with Gasteiger partial charge in [-0.1, -0.05) is 6.92 Å². The predicted molar refractivity (Wildman–Crippen MR) is 76.2 cm³/mol. The molecular formula is C13H27ClN2O2. The van der Waals surface area contributed by atoms with E-state index in [1.54, 1.807) is 0 Å². The highest BCUT2D eigenvalue weighted by atomic mass is 35.5. The minimum Gasteiger partial charge on any atom is -0.382 e. The minimum atomic E-state index is 0. The van der Waals surface area contributed by atoms with Crippen LogP contribution in [0, 0.1) is 5.41 Å². The van der Waals surface area contributed by atoms with E-state index in [4.69, 9.17) is 4.74 Å². The highest BCUT2D eigenvalue weighted by Gasteiger charge is 2.26. The zero-order valence-electron chi connectivity index (χ0n) is 11.6. The van der Waals surface area contributed by atoms with Crippen molar-refractivity contribution in [3.8, 4) is 0 Å². The normalized spacial score (nSPS) is 17.9. The van der Waals surface area contributed by atoms with Crippen molar-refractivity contribution in [2.45, 2.75) is 39.5 Å². The van der Waals surface area contributed by atoms with Crippen LogP contribution in [-0.2, 0) is 9.53 Å². The number of halogens is 1. The van der Waals surface area contributed by atoms with Crippen molar-refractivity contribution in [2.24, 2.45) is 5.41 Å². The van der Waals surface area contributed by atoms with Gasteiger partial charge >= 0.3 is 0 Å². The highest BCUT2D eigenvalue weighted by molar-refractivity contribution is 5.85. The Morgan fingerprint density at radius 3 is 2.67 bits per heavy atom. The zero-order valence-corrected chi connectivity index (χ0v) is 12.4. The first kappa shape index (κ1) is 17.7. The summed E-state index contributed by atoms with van der Waals surface area (Å²) in [5.41, 5.74) is 0.279. The summed E-state index contributed by atoms with van der Waals surface area (Å²) in [4.78, 5) is 11.6. The number of ether oxygens (including phenoxy) is 1. The molecule has 0 unspecified atom stereocenters. The Labute approximate surface area is 117 Å². The van der Waals surface area contributed by atoms with Crippen LogP contribution in [0.3, 0.4) is 0 Å². The van der Waals surface area contributed by atoms with Crippen molar-refractivity contribution in [1.82, 2.24) is 10.6 Å². The molecule has 0 aromatic carbocycles. The van der Waals surface area contributed by atoms with Crippen molar-refractivity contribution in [1.29, 1.82) is 0 Å². The molecule has 0 aromatic heterocycles. The van der Waals surface area contributed by atoms with E-state index in [0.29, 0.717) is 13.0 Å². The van der Waals surface area contributed by atoms with Crippen molar-refractivity contribution in [3.63, 3.8) is 0 Å². The smallest absolute Gasteiger partial charge is 0.220 e. The molecule has 0 aliphatic carbocycles. The van der Waals surface area contributed by atoms with Crippen LogP contribution in [0.2, 0.25) is 0 Å². The number of hydrogen-bond donors (Lipinski definition) is 2. The van der Waals surface area contributed by atoms with Gasteiger partial charge in [0.15, 0.2) is 0 Å². The van der Waals surface area contributed by atoms with Gasteiger partial charge in [-0.05, 0) is 44.7 Å². The van der Waals surface area contributed by atoms with Crippen molar-refractivity contribution in [3.05, 3.63) is 0 Å². The first-order valence-corrected chi connectivity index (χ1v) is 6.71. The minimum absolute atomic E-state index is 0. The van der Waals surface area contributed by atoms with E-state index in [9.17, 15) is 4.79 Å². The van der Waals surface area contributed by atoms with Gasteiger partial charge in [0, 0.05) is 26.2 Å². The average molecular weight is 279 g/mol. The van der Waals surface area contributed by atoms with Crippen LogP contribution in [0.5, 0.6) is 0 Å². The van der Waals surface area contributed by atoms with Gasteiger partial charge in [-0.15, -0.1) is 12.4 Å². The lowest BCUT2D eigenvalue weighted by Crippen LogP contribution is -2.42. The van der Waals surface area contributed by atoms with E-state index in [1.807, 2.05) is 6.92 Å². The molecule has 0 bridgehead atoms. The lowest BCUT2D eigenvalue weighted by Gasteiger charge is -2.34. The van der Waals surface area contributed by atoms with Crippen LogP contribution in [0.1, 0.15) is 39.5 Å². The maximum absolute atomic E-state index is 11.6. The van der Waals surface area contributed by atoms with Gasteiger partial charge < -0.3 is 15.4 Å². The Bertz CT molecular complexity index is 231. The molecule has 4 nitrogen and oxygen atoms in total. The van der Waals surface area contributed by atoms with Crippen molar-refractivity contribution < 1.29 is 9.53 Å². The number of hydrogen-bond acceptors (Lipinski definition) is 3. The summed E-state index contributed by atoms with van der Waals surface area (Å²) in [5.74, 6) is 0.157. The number of nitrogens with one attached hydrogen (secondary N) is 2. The summed E-state index contributed by atoms with van der Waals surface area (Å²) in [5, 5.41) is 6.39. The Hall–Kier alpha value is -0.320. The summed E-state index contributed by atoms with van der Waals surface area (Å²) >= 11 is 0. The molecule has 0 spiro atoms. The van der Waals surface area contributed by atoms with Gasteiger partial charge in [0.2, 0.25) is 5.91 Å². The Morgan fingerprint density at radius 1 is 1.39 bits per heavy atom. The molecule has 1 rings (SSSR count). The molecule has 0 aromatic rings. The largest absolute Gasteiger partial charge is 0.382 e. The van der Waals surface area contributed by atoms with Crippen LogP contribution in [-0.4, -0.2) is 38.8 Å². The van der Waals surface area contributed by atoms with Gasteiger partial charge in [-0.3, -0.25) is 4.79 Å². The number of piperidine rings is 1. The van der Waals surface area contributed by atoms with Crippen molar-refractivity contribution >= 4 is 18.3 Å². The van der Waals surface area contributed by atoms with E-state index >= 15 is 0 Å². The summed E-state index contributed by atoms with van der Waals surface area (Å²) in [6, 6.07) is 0. The molecule has 1 aliphatic rings. The summed E-state index contributed by atoms with van der Waals surface area (Å²) in [6.07, 6.45) is 3.69. The maximum Gasteiger partial charge on any atom is 0.220 e. The molecule has 0 saturated carbocycles. The Kier molecular flexibility index (Phi) is 9.42. The molecule has 1 aliphatic heterocycles. The van der Waals surface area contributed by atoms with Crippen LogP contribution in [0.15, 0.2) is 0 Å². The summed E-state index contributed by atoms with van der Waals surface area (Å²) in [6.45, 7) is 8.58. The third-order valence-electron chi connectivity index (χ3n) is 3.42. The molecule has 5 heteroatoms. The lowest BCUT2D eigenvalue weighted by molar-refractivity contribution is -0.122. The van der Waals surface area contributed by atoms with E-state index < -0.39 is 0 Å². The predicted octanol–water partition coefficient (Wildman–Crippen LogP) is 1.73. The third-order valence-corrected chi connectivity index (χ3v) is 3.42. The molecule has 1 heterocycles. The second kappa shape index (κ2) is 9.59. The van der Waals surface area contributed by atoms with Gasteiger partial charge in [0.25, 0.3) is 0 Å². The van der Waals surface area contributed by atoms with Crippen LogP contribution in [0.4, 0.5) is 0 Å². The molecule has 108 valence electrons. The first-order valence-electron chi connectivity index (χ1n) is 6.71.